The van der Waals surface area contributed by atoms with Crippen LogP contribution in [-0.4, -0.2) is 52.7 Å². The van der Waals surface area contributed by atoms with Crippen molar-refractivity contribution in [3.05, 3.63) is 11.3 Å². The minimum absolute atomic E-state index is 0.119. The van der Waals surface area contributed by atoms with Gasteiger partial charge in [0, 0.05) is 32.2 Å². The second kappa shape index (κ2) is 4.77. The molecule has 0 spiro atoms. The van der Waals surface area contributed by atoms with Crippen molar-refractivity contribution in [3.8, 4) is 0 Å². The molecule has 0 aromatic carbocycles. The van der Waals surface area contributed by atoms with Crippen LogP contribution < -0.4 is 10.6 Å². The Morgan fingerprint density at radius 1 is 1.25 bits per heavy atom. The molecule has 3 N–H and O–H groups in total. The number of anilines is 1. The van der Waals surface area contributed by atoms with Gasteiger partial charge in [-0.15, -0.1) is 0 Å². The molecule has 2 aliphatic rings. The van der Waals surface area contributed by atoms with Gasteiger partial charge in [0.1, 0.15) is 11.7 Å². The van der Waals surface area contributed by atoms with E-state index in [-0.39, 0.29) is 5.84 Å². The SMILES string of the molecule is Cc1nn(C)c(N2CCC3CCC(C2)N3C)c1C(=N)N. The second-order valence-electron chi connectivity index (χ2n) is 6.11. The van der Waals surface area contributed by atoms with Crippen molar-refractivity contribution in [3.63, 3.8) is 0 Å². The summed E-state index contributed by atoms with van der Waals surface area (Å²) >= 11 is 0. The van der Waals surface area contributed by atoms with E-state index in [2.05, 4.69) is 21.9 Å². The topological polar surface area (TPSA) is 74.2 Å². The van der Waals surface area contributed by atoms with Crippen LogP contribution in [-0.2, 0) is 7.05 Å². The third-order valence-electron chi connectivity index (χ3n) is 4.91. The van der Waals surface area contributed by atoms with Crippen molar-refractivity contribution in [2.45, 2.75) is 38.3 Å². The van der Waals surface area contributed by atoms with Crippen molar-refractivity contribution in [1.82, 2.24) is 14.7 Å². The van der Waals surface area contributed by atoms with Crippen LogP contribution in [0, 0.1) is 12.3 Å². The van der Waals surface area contributed by atoms with Gasteiger partial charge < -0.3 is 10.6 Å². The Balaban J connectivity index is 1.95. The van der Waals surface area contributed by atoms with Gasteiger partial charge in [-0.05, 0) is 33.2 Å². The summed E-state index contributed by atoms with van der Waals surface area (Å²) in [5.41, 5.74) is 7.41. The van der Waals surface area contributed by atoms with Gasteiger partial charge in [0.15, 0.2) is 0 Å². The van der Waals surface area contributed by atoms with Crippen molar-refractivity contribution in [2.75, 3.05) is 25.0 Å². The molecular formula is C14H24N6. The van der Waals surface area contributed by atoms with Crippen molar-refractivity contribution in [1.29, 1.82) is 5.41 Å². The van der Waals surface area contributed by atoms with Crippen molar-refractivity contribution >= 4 is 11.7 Å². The zero-order chi connectivity index (χ0) is 14.4. The Labute approximate surface area is 120 Å². The first kappa shape index (κ1) is 13.4. The lowest BCUT2D eigenvalue weighted by molar-refractivity contribution is 0.254. The summed E-state index contributed by atoms with van der Waals surface area (Å²) < 4.78 is 1.88. The molecule has 0 saturated carbocycles. The van der Waals surface area contributed by atoms with E-state index in [9.17, 15) is 0 Å². The lowest BCUT2D eigenvalue weighted by Gasteiger charge is -2.28. The van der Waals surface area contributed by atoms with Gasteiger partial charge in [0.05, 0.1) is 11.3 Å². The molecule has 6 nitrogen and oxygen atoms in total. The van der Waals surface area contributed by atoms with Crippen LogP contribution >= 0.6 is 0 Å². The molecule has 2 unspecified atom stereocenters. The number of nitrogens with one attached hydrogen (secondary N) is 1. The van der Waals surface area contributed by atoms with Crippen LogP contribution in [0.2, 0.25) is 0 Å². The Morgan fingerprint density at radius 2 is 1.95 bits per heavy atom. The Morgan fingerprint density at radius 3 is 2.65 bits per heavy atom. The van der Waals surface area contributed by atoms with Crippen LogP contribution in [0.25, 0.3) is 0 Å². The standard InChI is InChI=1S/C14H24N6/c1-9-12(13(15)16)14(19(3)17-9)20-7-6-10-4-5-11(8-20)18(10)2/h10-11H,4-8H2,1-3H3,(H3,15,16). The second-order valence-corrected chi connectivity index (χ2v) is 6.11. The number of nitrogen functional groups attached to an aromatic ring is 1. The third-order valence-corrected chi connectivity index (χ3v) is 4.91. The van der Waals surface area contributed by atoms with E-state index in [1.807, 2.05) is 18.7 Å². The lowest BCUT2D eigenvalue weighted by Crippen LogP contribution is -2.38. The maximum Gasteiger partial charge on any atom is 0.137 e. The number of rotatable bonds is 2. The van der Waals surface area contributed by atoms with Gasteiger partial charge in [-0.1, -0.05) is 0 Å². The molecule has 6 heteroatoms. The Bertz CT molecular complexity index is 534. The quantitative estimate of drug-likeness (QED) is 0.615. The highest BCUT2D eigenvalue weighted by Gasteiger charge is 2.36. The fourth-order valence-corrected chi connectivity index (χ4v) is 3.83. The average molecular weight is 276 g/mol. The van der Waals surface area contributed by atoms with Gasteiger partial charge in [-0.2, -0.15) is 5.10 Å². The van der Waals surface area contributed by atoms with E-state index in [0.717, 1.165) is 30.2 Å². The largest absolute Gasteiger partial charge is 0.384 e. The number of hydrogen-bond acceptors (Lipinski definition) is 4. The van der Waals surface area contributed by atoms with Crippen LogP contribution in [0.5, 0.6) is 0 Å². The van der Waals surface area contributed by atoms with Gasteiger partial charge >= 0.3 is 0 Å². The van der Waals surface area contributed by atoms with Crippen LogP contribution in [0.3, 0.4) is 0 Å². The first-order valence-corrected chi connectivity index (χ1v) is 7.34. The molecule has 1 aromatic heterocycles. The molecule has 3 heterocycles. The van der Waals surface area contributed by atoms with Gasteiger partial charge in [-0.25, -0.2) is 0 Å². The third kappa shape index (κ3) is 1.98. The number of likely N-dealkylation sites (N-methyl/N-ethyl adjacent to an activating group) is 1. The summed E-state index contributed by atoms with van der Waals surface area (Å²) in [6.45, 7) is 3.95. The zero-order valence-corrected chi connectivity index (χ0v) is 12.6. The van der Waals surface area contributed by atoms with Crippen molar-refractivity contribution in [2.24, 2.45) is 12.8 Å². The summed E-state index contributed by atoms with van der Waals surface area (Å²) in [6, 6.07) is 1.32. The summed E-state index contributed by atoms with van der Waals surface area (Å²) in [6.07, 6.45) is 3.76. The normalized spacial score (nSPS) is 26.9. The molecule has 0 amide bonds. The molecule has 0 radical (unpaired) electrons. The van der Waals surface area contributed by atoms with E-state index in [1.54, 1.807) is 0 Å². The number of aryl methyl sites for hydroxylation is 2. The molecule has 2 saturated heterocycles. The number of aromatic nitrogens is 2. The highest BCUT2D eigenvalue weighted by molar-refractivity contribution is 6.00. The molecule has 3 rings (SSSR count). The molecule has 0 aliphatic carbocycles. The number of hydrogen-bond donors (Lipinski definition) is 2. The average Bonchev–Trinajstić information content (AvgIpc) is 2.77. The summed E-state index contributed by atoms with van der Waals surface area (Å²) in [4.78, 5) is 4.90. The van der Waals surface area contributed by atoms with Gasteiger partial charge in [-0.3, -0.25) is 15.0 Å². The summed E-state index contributed by atoms with van der Waals surface area (Å²) in [5, 5.41) is 12.3. The number of nitrogens with zero attached hydrogens (tertiary/aromatic N) is 4. The molecule has 20 heavy (non-hydrogen) atoms. The number of amidine groups is 1. The lowest BCUT2D eigenvalue weighted by atomic mass is 10.1. The monoisotopic (exact) mass is 276 g/mol. The van der Waals surface area contributed by atoms with E-state index in [1.165, 1.54) is 19.3 Å². The maximum atomic E-state index is 7.83. The van der Waals surface area contributed by atoms with Gasteiger partial charge in [0.2, 0.25) is 0 Å². The number of nitrogens with two attached hydrogens (primary N) is 1. The van der Waals surface area contributed by atoms with Crippen LogP contribution in [0.1, 0.15) is 30.5 Å². The van der Waals surface area contributed by atoms with E-state index in [0.29, 0.717) is 12.1 Å². The first-order chi connectivity index (χ1) is 9.49. The van der Waals surface area contributed by atoms with Crippen LogP contribution in [0.15, 0.2) is 0 Å². The molecule has 2 fully saturated rings. The molecular weight excluding hydrogens is 252 g/mol. The first-order valence-electron chi connectivity index (χ1n) is 7.34. The predicted octanol–water partition coefficient (Wildman–Crippen LogP) is 0.685. The zero-order valence-electron chi connectivity index (χ0n) is 12.6. The van der Waals surface area contributed by atoms with E-state index in [4.69, 9.17) is 11.1 Å². The fourth-order valence-electron chi connectivity index (χ4n) is 3.83. The molecule has 2 bridgehead atoms. The fraction of sp³-hybridized carbons (Fsp3) is 0.714. The van der Waals surface area contributed by atoms with Crippen LogP contribution in [0.4, 0.5) is 5.82 Å². The maximum absolute atomic E-state index is 7.83. The predicted molar refractivity (Wildman–Crippen MR) is 80.4 cm³/mol. The molecule has 2 aliphatic heterocycles. The Hall–Kier alpha value is -1.56. The smallest absolute Gasteiger partial charge is 0.137 e. The molecule has 2 atom stereocenters. The highest BCUT2D eigenvalue weighted by Crippen LogP contribution is 2.32. The van der Waals surface area contributed by atoms with Crippen molar-refractivity contribution < 1.29 is 0 Å². The minimum atomic E-state index is 0.119. The highest BCUT2D eigenvalue weighted by atomic mass is 15.4. The molecule has 110 valence electrons. The van der Waals surface area contributed by atoms with E-state index < -0.39 is 0 Å². The summed E-state index contributed by atoms with van der Waals surface area (Å²) in [5.74, 6) is 1.13. The van der Waals surface area contributed by atoms with E-state index >= 15 is 0 Å². The minimum Gasteiger partial charge on any atom is -0.384 e. The Kier molecular flexibility index (Phi) is 3.20. The molecule has 1 aromatic rings. The number of fused-ring (bicyclic) bond motifs is 2. The van der Waals surface area contributed by atoms with Gasteiger partial charge in [0.25, 0.3) is 0 Å². The summed E-state index contributed by atoms with van der Waals surface area (Å²) in [7, 11) is 4.19.